The summed E-state index contributed by atoms with van der Waals surface area (Å²) < 4.78 is 5.07. The highest BCUT2D eigenvalue weighted by atomic mass is 32.1. The third kappa shape index (κ3) is 3.20. The predicted molar refractivity (Wildman–Crippen MR) is 76.4 cm³/mol. The van der Waals surface area contributed by atoms with E-state index in [1.54, 1.807) is 7.11 Å². The molecular formula is C13H24N2O2S. The first-order chi connectivity index (χ1) is 8.44. The Labute approximate surface area is 115 Å². The summed E-state index contributed by atoms with van der Waals surface area (Å²) in [6, 6.07) is 0. The van der Waals surface area contributed by atoms with Crippen molar-refractivity contribution in [3.8, 4) is 0 Å². The van der Waals surface area contributed by atoms with Crippen LogP contribution in [-0.4, -0.2) is 42.6 Å². The van der Waals surface area contributed by atoms with Crippen LogP contribution in [0.2, 0.25) is 0 Å². The topological polar surface area (TPSA) is 55.6 Å². The highest BCUT2D eigenvalue weighted by molar-refractivity contribution is 7.80. The average Bonchev–Trinajstić information content (AvgIpc) is 2.21. The van der Waals surface area contributed by atoms with Crippen molar-refractivity contribution in [2.24, 2.45) is 17.1 Å². The molecule has 0 saturated heterocycles. The van der Waals surface area contributed by atoms with Gasteiger partial charge < -0.3 is 15.4 Å². The lowest BCUT2D eigenvalue weighted by atomic mass is 9.67. The molecule has 0 atom stereocenters. The molecule has 1 fully saturated rings. The second-order valence-electron chi connectivity index (χ2n) is 5.44. The Balaban J connectivity index is 2.76. The smallest absolute Gasteiger partial charge is 0.235 e. The number of ether oxygens (including phenoxy) is 1. The van der Waals surface area contributed by atoms with Crippen LogP contribution in [0.3, 0.4) is 0 Å². The zero-order valence-corrected chi connectivity index (χ0v) is 12.4. The summed E-state index contributed by atoms with van der Waals surface area (Å²) in [7, 11) is 1.64. The lowest BCUT2D eigenvalue weighted by Gasteiger charge is -2.43. The van der Waals surface area contributed by atoms with Crippen molar-refractivity contribution in [1.29, 1.82) is 0 Å². The molecule has 4 nitrogen and oxygen atoms in total. The first kappa shape index (κ1) is 15.4. The van der Waals surface area contributed by atoms with Gasteiger partial charge in [0, 0.05) is 20.2 Å². The monoisotopic (exact) mass is 272 g/mol. The van der Waals surface area contributed by atoms with E-state index in [0.29, 0.717) is 24.1 Å². The maximum atomic E-state index is 12.6. The Morgan fingerprint density at radius 2 is 2.11 bits per heavy atom. The van der Waals surface area contributed by atoms with Gasteiger partial charge in [-0.05, 0) is 18.8 Å². The van der Waals surface area contributed by atoms with E-state index in [2.05, 4.69) is 13.8 Å². The van der Waals surface area contributed by atoms with Crippen LogP contribution in [-0.2, 0) is 9.53 Å². The first-order valence-corrected chi connectivity index (χ1v) is 6.93. The summed E-state index contributed by atoms with van der Waals surface area (Å²) in [5, 5.41) is 0. The fraction of sp³-hybridized carbons (Fsp3) is 0.846. The zero-order valence-electron chi connectivity index (χ0n) is 11.6. The number of carbonyl (C=O) groups excluding carboxylic acids is 1. The number of hydrogen-bond acceptors (Lipinski definition) is 3. The van der Waals surface area contributed by atoms with Gasteiger partial charge in [0.25, 0.3) is 0 Å². The van der Waals surface area contributed by atoms with Crippen molar-refractivity contribution in [2.45, 2.75) is 33.1 Å². The molecule has 0 radical (unpaired) electrons. The van der Waals surface area contributed by atoms with E-state index in [9.17, 15) is 4.79 Å². The molecule has 1 aliphatic carbocycles. The molecule has 18 heavy (non-hydrogen) atoms. The van der Waals surface area contributed by atoms with Crippen molar-refractivity contribution in [3.63, 3.8) is 0 Å². The molecule has 0 bridgehead atoms. The van der Waals surface area contributed by atoms with E-state index >= 15 is 0 Å². The van der Waals surface area contributed by atoms with Crippen LogP contribution in [0.15, 0.2) is 0 Å². The van der Waals surface area contributed by atoms with Crippen LogP contribution in [0.5, 0.6) is 0 Å². The SMILES string of the molecule is COCCN(CC(C)C)C(=O)C1(C(N)=S)CCC1. The van der Waals surface area contributed by atoms with Gasteiger partial charge in [0.05, 0.1) is 17.0 Å². The van der Waals surface area contributed by atoms with E-state index < -0.39 is 5.41 Å². The molecule has 104 valence electrons. The Morgan fingerprint density at radius 1 is 1.50 bits per heavy atom. The van der Waals surface area contributed by atoms with E-state index in [1.807, 2.05) is 4.90 Å². The van der Waals surface area contributed by atoms with Gasteiger partial charge in [-0.25, -0.2) is 0 Å². The molecule has 0 aromatic rings. The second-order valence-corrected chi connectivity index (χ2v) is 5.88. The number of amides is 1. The number of carbonyl (C=O) groups is 1. The van der Waals surface area contributed by atoms with E-state index in [4.69, 9.17) is 22.7 Å². The number of hydrogen-bond donors (Lipinski definition) is 1. The molecule has 0 spiro atoms. The van der Waals surface area contributed by atoms with Gasteiger partial charge in [-0.2, -0.15) is 0 Å². The molecule has 1 amide bonds. The minimum atomic E-state index is -0.571. The number of thiocarbonyl (C=S) groups is 1. The molecule has 0 aliphatic heterocycles. The second kappa shape index (κ2) is 6.48. The normalized spacial score (nSPS) is 17.3. The van der Waals surface area contributed by atoms with Crippen LogP contribution in [0, 0.1) is 11.3 Å². The third-order valence-electron chi connectivity index (χ3n) is 3.53. The molecule has 1 saturated carbocycles. The minimum absolute atomic E-state index is 0.0898. The summed E-state index contributed by atoms with van der Waals surface area (Å²) in [6.45, 7) is 6.08. The maximum Gasteiger partial charge on any atom is 0.235 e. The van der Waals surface area contributed by atoms with Crippen LogP contribution in [0.4, 0.5) is 0 Å². The highest BCUT2D eigenvalue weighted by Crippen LogP contribution is 2.43. The van der Waals surface area contributed by atoms with E-state index in [0.717, 1.165) is 25.8 Å². The van der Waals surface area contributed by atoms with Crippen LogP contribution >= 0.6 is 12.2 Å². The summed E-state index contributed by atoms with van der Waals surface area (Å²) in [4.78, 5) is 14.8. The largest absolute Gasteiger partial charge is 0.392 e. The highest BCUT2D eigenvalue weighted by Gasteiger charge is 2.48. The van der Waals surface area contributed by atoms with Gasteiger partial charge in [0.2, 0.25) is 5.91 Å². The molecule has 0 aromatic heterocycles. The Bertz CT molecular complexity index is 314. The summed E-state index contributed by atoms with van der Waals surface area (Å²) in [5.41, 5.74) is 5.21. The lowest BCUT2D eigenvalue weighted by Crippen LogP contribution is -2.55. The van der Waals surface area contributed by atoms with Gasteiger partial charge in [-0.1, -0.05) is 32.5 Å². The molecule has 1 aliphatic rings. The van der Waals surface area contributed by atoms with Crippen molar-refractivity contribution in [2.75, 3.05) is 26.8 Å². The molecule has 0 aromatic carbocycles. The van der Waals surface area contributed by atoms with Crippen LogP contribution < -0.4 is 5.73 Å². The summed E-state index contributed by atoms with van der Waals surface area (Å²) in [5.74, 6) is 0.515. The predicted octanol–water partition coefficient (Wildman–Crippen LogP) is 1.57. The zero-order chi connectivity index (χ0) is 13.8. The number of methoxy groups -OCH3 is 1. The molecule has 0 unspecified atom stereocenters. The number of nitrogens with two attached hydrogens (primary N) is 1. The average molecular weight is 272 g/mol. The number of nitrogens with zero attached hydrogens (tertiary/aromatic N) is 1. The van der Waals surface area contributed by atoms with Gasteiger partial charge in [-0.15, -0.1) is 0 Å². The van der Waals surface area contributed by atoms with Crippen molar-refractivity contribution >= 4 is 23.1 Å². The van der Waals surface area contributed by atoms with Gasteiger partial charge >= 0.3 is 0 Å². The Hall–Kier alpha value is -0.680. The van der Waals surface area contributed by atoms with Crippen molar-refractivity contribution in [1.82, 2.24) is 4.90 Å². The van der Waals surface area contributed by atoms with Gasteiger partial charge in [0.1, 0.15) is 0 Å². The van der Waals surface area contributed by atoms with Gasteiger partial charge in [0.15, 0.2) is 0 Å². The maximum absolute atomic E-state index is 12.6. The minimum Gasteiger partial charge on any atom is -0.392 e. The lowest BCUT2D eigenvalue weighted by molar-refractivity contribution is -0.143. The molecule has 0 heterocycles. The molecule has 5 heteroatoms. The fourth-order valence-corrected chi connectivity index (χ4v) is 2.61. The first-order valence-electron chi connectivity index (χ1n) is 6.52. The van der Waals surface area contributed by atoms with Crippen molar-refractivity contribution < 1.29 is 9.53 Å². The van der Waals surface area contributed by atoms with Crippen LogP contribution in [0.1, 0.15) is 33.1 Å². The Morgan fingerprint density at radius 3 is 2.44 bits per heavy atom. The third-order valence-corrected chi connectivity index (χ3v) is 3.92. The molecule has 1 rings (SSSR count). The quantitative estimate of drug-likeness (QED) is 0.715. The summed E-state index contributed by atoms with van der Waals surface area (Å²) >= 11 is 5.10. The van der Waals surface area contributed by atoms with Gasteiger partial charge in [-0.3, -0.25) is 4.79 Å². The molecular weight excluding hydrogens is 248 g/mol. The van der Waals surface area contributed by atoms with E-state index in [1.165, 1.54) is 0 Å². The molecule has 2 N–H and O–H groups in total. The van der Waals surface area contributed by atoms with Crippen molar-refractivity contribution in [3.05, 3.63) is 0 Å². The standard InChI is InChI=1S/C13H24N2O2S/c1-10(2)9-15(7-8-17-3)12(16)13(11(14)18)5-4-6-13/h10H,4-9H2,1-3H3,(H2,14,18). The number of rotatable bonds is 7. The Kier molecular flexibility index (Phi) is 5.53. The summed E-state index contributed by atoms with van der Waals surface area (Å²) in [6.07, 6.45) is 2.62. The fourth-order valence-electron chi connectivity index (χ4n) is 2.32. The van der Waals surface area contributed by atoms with E-state index in [-0.39, 0.29) is 5.91 Å². The van der Waals surface area contributed by atoms with Crippen LogP contribution in [0.25, 0.3) is 0 Å².